The molecule has 0 atom stereocenters. The molecule has 0 radical (unpaired) electrons. The molecule has 3 aromatic rings. The number of hydrogen-bond donors (Lipinski definition) is 3. The van der Waals surface area contributed by atoms with Crippen molar-refractivity contribution >= 4 is 23.7 Å². The second kappa shape index (κ2) is 11.7. The Morgan fingerprint density at radius 1 is 0.949 bits per heavy atom. The zero-order valence-electron chi connectivity index (χ0n) is 22.7. The highest BCUT2D eigenvalue weighted by molar-refractivity contribution is 5.87. The van der Waals surface area contributed by atoms with Gasteiger partial charge in [-0.2, -0.15) is 0 Å². The van der Waals surface area contributed by atoms with Gasteiger partial charge in [0.2, 0.25) is 0 Å². The minimum Gasteiger partial charge on any atom is -0.481 e. The van der Waals surface area contributed by atoms with Gasteiger partial charge in [0.1, 0.15) is 12.2 Å². The maximum atomic E-state index is 12.9. The summed E-state index contributed by atoms with van der Waals surface area (Å²) in [5, 5.41) is 15.2. The van der Waals surface area contributed by atoms with Gasteiger partial charge in [0.25, 0.3) is 0 Å². The minimum absolute atomic E-state index is 0.00541. The number of carbonyl (C=O) groups excluding carboxylic acids is 2. The van der Waals surface area contributed by atoms with Crippen LogP contribution in [-0.4, -0.2) is 41.9 Å². The average Bonchev–Trinajstić information content (AvgIpc) is 3.18. The van der Waals surface area contributed by atoms with E-state index in [1.54, 1.807) is 39.8 Å². The van der Waals surface area contributed by atoms with Crippen LogP contribution in [0.2, 0.25) is 0 Å². The Morgan fingerprint density at radius 2 is 1.56 bits per heavy atom. The number of anilines is 1. The first kappa shape index (κ1) is 27.9. The van der Waals surface area contributed by atoms with E-state index in [2.05, 4.69) is 34.9 Å². The highest BCUT2D eigenvalue weighted by atomic mass is 16.6. The molecular formula is C31H34N2O6. The average molecular weight is 531 g/mol. The largest absolute Gasteiger partial charge is 0.481 e. The van der Waals surface area contributed by atoms with Crippen molar-refractivity contribution in [3.63, 3.8) is 0 Å². The summed E-state index contributed by atoms with van der Waals surface area (Å²) in [5.74, 6) is -1.45. The third-order valence-electron chi connectivity index (χ3n) is 6.52. The van der Waals surface area contributed by atoms with E-state index in [-0.39, 0.29) is 32.0 Å². The van der Waals surface area contributed by atoms with E-state index in [1.165, 1.54) is 0 Å². The van der Waals surface area contributed by atoms with Gasteiger partial charge in [0, 0.05) is 18.2 Å². The third kappa shape index (κ3) is 7.03. The number of ether oxygens (including phenoxy) is 2. The Balaban J connectivity index is 1.45. The van der Waals surface area contributed by atoms with Crippen LogP contribution in [0.15, 0.2) is 60.7 Å². The molecule has 3 N–H and O–H groups in total. The SMILES string of the molecule is Cc1c(CC(=O)O)cc(CNCC(=O)OC(C)(C)C)cc1NC(=O)OCC1c2ccccc2-c2ccccc21. The lowest BCUT2D eigenvalue weighted by atomic mass is 9.98. The van der Waals surface area contributed by atoms with Crippen molar-refractivity contribution in [2.45, 2.75) is 52.2 Å². The fourth-order valence-electron chi connectivity index (χ4n) is 4.85. The number of carbonyl (C=O) groups is 3. The third-order valence-corrected chi connectivity index (χ3v) is 6.52. The van der Waals surface area contributed by atoms with Crippen molar-refractivity contribution in [3.8, 4) is 11.1 Å². The zero-order valence-corrected chi connectivity index (χ0v) is 22.7. The van der Waals surface area contributed by atoms with Crippen LogP contribution in [-0.2, 0) is 32.0 Å². The van der Waals surface area contributed by atoms with Crippen LogP contribution in [0.25, 0.3) is 11.1 Å². The summed E-state index contributed by atoms with van der Waals surface area (Å²) < 4.78 is 11.0. The van der Waals surface area contributed by atoms with Crippen molar-refractivity contribution in [2.24, 2.45) is 0 Å². The number of amides is 1. The van der Waals surface area contributed by atoms with Gasteiger partial charge in [-0.1, -0.05) is 54.6 Å². The summed E-state index contributed by atoms with van der Waals surface area (Å²) in [6.45, 7) is 7.59. The van der Waals surface area contributed by atoms with Gasteiger partial charge in [-0.3, -0.25) is 14.9 Å². The molecule has 0 saturated heterocycles. The first-order valence-electron chi connectivity index (χ1n) is 12.9. The number of aliphatic carboxylic acids is 1. The van der Waals surface area contributed by atoms with Crippen molar-refractivity contribution in [2.75, 3.05) is 18.5 Å². The van der Waals surface area contributed by atoms with Gasteiger partial charge in [0.15, 0.2) is 0 Å². The summed E-state index contributed by atoms with van der Waals surface area (Å²) in [6, 6.07) is 19.7. The van der Waals surface area contributed by atoms with Crippen molar-refractivity contribution in [1.82, 2.24) is 5.32 Å². The lowest BCUT2D eigenvalue weighted by molar-refractivity contribution is -0.153. The number of fused-ring (bicyclic) bond motifs is 3. The standard InChI is InChI=1S/C31H34N2O6/c1-19-21(15-28(34)35)13-20(16-32-17-29(36)39-31(2,3)4)14-27(19)33-30(37)38-18-26-24-11-7-5-9-22(24)23-10-6-8-12-25(23)26/h5-14,26,32H,15-18H2,1-4H3,(H,33,37)(H,34,35). The van der Waals surface area contributed by atoms with E-state index < -0.39 is 23.6 Å². The topological polar surface area (TPSA) is 114 Å². The number of rotatable bonds is 9. The molecule has 0 saturated carbocycles. The van der Waals surface area contributed by atoms with E-state index in [9.17, 15) is 19.5 Å². The van der Waals surface area contributed by atoms with Crippen molar-refractivity contribution in [3.05, 3.63) is 88.5 Å². The molecule has 0 aliphatic heterocycles. The van der Waals surface area contributed by atoms with Crippen LogP contribution >= 0.6 is 0 Å². The lowest BCUT2D eigenvalue weighted by Gasteiger charge is -2.20. The quantitative estimate of drug-likeness (QED) is 0.317. The second-order valence-electron chi connectivity index (χ2n) is 10.6. The molecule has 0 aromatic heterocycles. The molecule has 0 spiro atoms. The lowest BCUT2D eigenvalue weighted by Crippen LogP contribution is -2.31. The molecule has 8 nitrogen and oxygen atoms in total. The molecule has 0 fully saturated rings. The Bertz CT molecular complexity index is 1350. The monoisotopic (exact) mass is 530 g/mol. The van der Waals surface area contributed by atoms with Crippen LogP contribution in [0.3, 0.4) is 0 Å². The van der Waals surface area contributed by atoms with Crippen LogP contribution in [0.1, 0.15) is 54.5 Å². The maximum Gasteiger partial charge on any atom is 0.411 e. The summed E-state index contributed by atoms with van der Waals surface area (Å²) in [4.78, 5) is 36.4. The zero-order chi connectivity index (χ0) is 28.2. The first-order chi connectivity index (χ1) is 18.5. The first-order valence-corrected chi connectivity index (χ1v) is 12.9. The number of esters is 1. The molecule has 0 heterocycles. The molecule has 4 rings (SSSR count). The van der Waals surface area contributed by atoms with E-state index in [0.717, 1.165) is 22.3 Å². The molecule has 1 aliphatic rings. The van der Waals surface area contributed by atoms with E-state index >= 15 is 0 Å². The Kier molecular flexibility index (Phi) is 8.35. The van der Waals surface area contributed by atoms with Gasteiger partial charge in [0.05, 0.1) is 13.0 Å². The minimum atomic E-state index is -0.982. The van der Waals surface area contributed by atoms with Crippen LogP contribution < -0.4 is 10.6 Å². The van der Waals surface area contributed by atoms with Crippen molar-refractivity contribution in [1.29, 1.82) is 0 Å². The molecule has 1 aliphatic carbocycles. The van der Waals surface area contributed by atoms with E-state index in [1.807, 2.05) is 24.3 Å². The molecule has 3 aromatic carbocycles. The van der Waals surface area contributed by atoms with Gasteiger partial charge in [-0.25, -0.2) is 4.79 Å². The smallest absolute Gasteiger partial charge is 0.411 e. The van der Waals surface area contributed by atoms with Crippen LogP contribution in [0, 0.1) is 6.92 Å². The predicted molar refractivity (Wildman–Crippen MR) is 149 cm³/mol. The van der Waals surface area contributed by atoms with Gasteiger partial charge < -0.3 is 19.9 Å². The Labute approximate surface area is 228 Å². The fraction of sp³-hybridized carbons (Fsp3) is 0.323. The highest BCUT2D eigenvalue weighted by Crippen LogP contribution is 2.44. The summed E-state index contributed by atoms with van der Waals surface area (Å²) in [7, 11) is 0. The number of carboxylic acids is 1. The number of hydrogen-bond acceptors (Lipinski definition) is 6. The summed E-state index contributed by atoms with van der Waals surface area (Å²) in [6.07, 6.45) is -0.828. The van der Waals surface area contributed by atoms with Gasteiger partial charge >= 0.3 is 18.0 Å². The second-order valence-corrected chi connectivity index (χ2v) is 10.6. The molecule has 8 heteroatoms. The van der Waals surface area contributed by atoms with Gasteiger partial charge in [-0.05, 0) is 72.7 Å². The van der Waals surface area contributed by atoms with Gasteiger partial charge in [-0.15, -0.1) is 0 Å². The van der Waals surface area contributed by atoms with Crippen LogP contribution in [0.4, 0.5) is 10.5 Å². The number of benzene rings is 3. The van der Waals surface area contributed by atoms with E-state index in [4.69, 9.17) is 9.47 Å². The highest BCUT2D eigenvalue weighted by Gasteiger charge is 2.29. The number of carboxylic acid groups (broad SMARTS) is 1. The Hall–Kier alpha value is -4.17. The van der Waals surface area contributed by atoms with Crippen LogP contribution in [0.5, 0.6) is 0 Å². The predicted octanol–water partition coefficient (Wildman–Crippen LogP) is 5.41. The number of nitrogens with one attached hydrogen (secondary N) is 2. The fourth-order valence-corrected chi connectivity index (χ4v) is 4.85. The van der Waals surface area contributed by atoms with E-state index in [0.29, 0.717) is 22.4 Å². The molecule has 1 amide bonds. The molecule has 204 valence electrons. The Morgan fingerprint density at radius 3 is 2.15 bits per heavy atom. The maximum absolute atomic E-state index is 12.9. The molecule has 0 bridgehead atoms. The summed E-state index contributed by atoms with van der Waals surface area (Å²) in [5.41, 5.74) is 6.31. The molecule has 0 unspecified atom stereocenters. The summed E-state index contributed by atoms with van der Waals surface area (Å²) >= 11 is 0. The molecular weight excluding hydrogens is 496 g/mol. The molecule has 39 heavy (non-hydrogen) atoms. The van der Waals surface area contributed by atoms with Crippen molar-refractivity contribution < 1.29 is 29.0 Å². The normalized spacial score (nSPS) is 12.4.